The Morgan fingerprint density at radius 1 is 0.885 bits per heavy atom. The molecule has 0 spiro atoms. The van der Waals surface area contributed by atoms with E-state index in [2.05, 4.69) is 38.8 Å². The van der Waals surface area contributed by atoms with Crippen LogP contribution in [0.25, 0.3) is 0 Å². The third-order valence-corrected chi connectivity index (χ3v) is 4.26. The minimum atomic E-state index is -0.270. The third-order valence-electron chi connectivity index (χ3n) is 4.26. The fourth-order valence-corrected chi connectivity index (χ4v) is 2.71. The Hall–Kier alpha value is -3.21. The molecule has 0 atom stereocenters. The quantitative estimate of drug-likeness (QED) is 0.718. The highest BCUT2D eigenvalue weighted by Crippen LogP contribution is 2.21. The number of nitrogens with zero attached hydrogens (tertiary/aromatic N) is 2. The van der Waals surface area contributed by atoms with E-state index in [0.29, 0.717) is 5.82 Å². The van der Waals surface area contributed by atoms with Crippen LogP contribution in [0.4, 0.5) is 17.2 Å². The van der Waals surface area contributed by atoms with Gasteiger partial charge in [0.15, 0.2) is 0 Å². The molecule has 3 aromatic rings. The number of benzene rings is 2. The molecule has 0 bridgehead atoms. The van der Waals surface area contributed by atoms with Gasteiger partial charge in [0.05, 0.1) is 12.4 Å². The molecule has 0 fully saturated rings. The van der Waals surface area contributed by atoms with Crippen LogP contribution in [0.1, 0.15) is 32.7 Å². The van der Waals surface area contributed by atoms with Crippen molar-refractivity contribution in [2.24, 2.45) is 0 Å². The molecule has 1 amide bonds. The Kier molecular flexibility index (Phi) is 4.98. The standard InChI is InChI=1S/C21H22N4O/c1-13-8-9-14(2)17(10-13)24-19-12-22-18(11-23-19)21(26)25-20-15(3)6-5-7-16(20)4/h5-12H,1-4H3,(H,23,24)(H,25,26). The monoisotopic (exact) mass is 346 g/mol. The lowest BCUT2D eigenvalue weighted by Crippen LogP contribution is -2.15. The molecule has 26 heavy (non-hydrogen) atoms. The molecule has 0 saturated heterocycles. The molecule has 2 N–H and O–H groups in total. The summed E-state index contributed by atoms with van der Waals surface area (Å²) in [6.07, 6.45) is 3.05. The van der Waals surface area contributed by atoms with E-state index in [1.807, 2.05) is 45.9 Å². The maximum Gasteiger partial charge on any atom is 0.275 e. The van der Waals surface area contributed by atoms with Crippen molar-refractivity contribution in [3.05, 3.63) is 76.7 Å². The fourth-order valence-electron chi connectivity index (χ4n) is 2.71. The summed E-state index contributed by atoms with van der Waals surface area (Å²) in [5.74, 6) is 0.329. The van der Waals surface area contributed by atoms with Gasteiger partial charge in [-0.05, 0) is 56.0 Å². The summed E-state index contributed by atoms with van der Waals surface area (Å²) in [7, 11) is 0. The van der Waals surface area contributed by atoms with E-state index in [1.165, 1.54) is 6.20 Å². The number of hydrogen-bond donors (Lipinski definition) is 2. The molecular formula is C21H22N4O. The molecule has 0 saturated carbocycles. The first-order valence-electron chi connectivity index (χ1n) is 8.48. The van der Waals surface area contributed by atoms with Crippen molar-refractivity contribution in [2.75, 3.05) is 10.6 Å². The Morgan fingerprint density at radius 2 is 1.62 bits per heavy atom. The Labute approximate surface area is 153 Å². The molecule has 0 radical (unpaired) electrons. The number of nitrogens with one attached hydrogen (secondary N) is 2. The summed E-state index contributed by atoms with van der Waals surface area (Å²) in [6, 6.07) is 12.1. The summed E-state index contributed by atoms with van der Waals surface area (Å²) < 4.78 is 0. The number of rotatable bonds is 4. The number of carbonyl (C=O) groups excluding carboxylic acids is 1. The first kappa shape index (κ1) is 17.6. The van der Waals surface area contributed by atoms with Gasteiger partial charge in [0.1, 0.15) is 11.5 Å². The smallest absolute Gasteiger partial charge is 0.275 e. The van der Waals surface area contributed by atoms with Crippen LogP contribution >= 0.6 is 0 Å². The van der Waals surface area contributed by atoms with Crippen molar-refractivity contribution in [1.29, 1.82) is 0 Å². The summed E-state index contributed by atoms with van der Waals surface area (Å²) in [5.41, 5.74) is 6.38. The van der Waals surface area contributed by atoms with Gasteiger partial charge in [0.2, 0.25) is 0 Å². The second-order valence-electron chi connectivity index (χ2n) is 6.45. The molecule has 132 valence electrons. The normalized spacial score (nSPS) is 10.5. The first-order chi connectivity index (χ1) is 12.4. The van der Waals surface area contributed by atoms with Gasteiger partial charge >= 0.3 is 0 Å². The number of para-hydroxylation sites is 1. The third kappa shape index (κ3) is 3.88. The topological polar surface area (TPSA) is 66.9 Å². The second-order valence-corrected chi connectivity index (χ2v) is 6.45. The van der Waals surface area contributed by atoms with Gasteiger partial charge < -0.3 is 10.6 Å². The van der Waals surface area contributed by atoms with E-state index in [-0.39, 0.29) is 11.6 Å². The van der Waals surface area contributed by atoms with Crippen molar-refractivity contribution in [2.45, 2.75) is 27.7 Å². The average molecular weight is 346 g/mol. The number of amides is 1. The van der Waals surface area contributed by atoms with E-state index < -0.39 is 0 Å². The lowest BCUT2D eigenvalue weighted by atomic mass is 10.1. The summed E-state index contributed by atoms with van der Waals surface area (Å²) >= 11 is 0. The van der Waals surface area contributed by atoms with Crippen LogP contribution < -0.4 is 10.6 Å². The maximum absolute atomic E-state index is 12.5. The number of aromatic nitrogens is 2. The highest BCUT2D eigenvalue weighted by atomic mass is 16.1. The highest BCUT2D eigenvalue weighted by Gasteiger charge is 2.11. The largest absolute Gasteiger partial charge is 0.339 e. The van der Waals surface area contributed by atoms with Gasteiger partial charge in [-0.2, -0.15) is 0 Å². The SMILES string of the molecule is Cc1ccc(C)c(Nc2cnc(C(=O)Nc3c(C)cccc3C)cn2)c1. The predicted octanol–water partition coefficient (Wildman–Crippen LogP) is 4.71. The zero-order valence-electron chi connectivity index (χ0n) is 15.4. The van der Waals surface area contributed by atoms with Crippen LogP contribution in [0.3, 0.4) is 0 Å². The molecule has 1 aromatic heterocycles. The molecule has 5 nitrogen and oxygen atoms in total. The predicted molar refractivity (Wildman–Crippen MR) is 105 cm³/mol. The zero-order chi connectivity index (χ0) is 18.7. The fraction of sp³-hybridized carbons (Fsp3) is 0.190. The van der Waals surface area contributed by atoms with Crippen molar-refractivity contribution in [3.8, 4) is 0 Å². The molecule has 0 unspecified atom stereocenters. The van der Waals surface area contributed by atoms with Crippen LogP contribution in [0, 0.1) is 27.7 Å². The van der Waals surface area contributed by atoms with Crippen molar-refractivity contribution < 1.29 is 4.79 Å². The van der Waals surface area contributed by atoms with Gasteiger partial charge in [-0.15, -0.1) is 0 Å². The molecule has 5 heteroatoms. The van der Waals surface area contributed by atoms with Crippen LogP contribution in [0.5, 0.6) is 0 Å². The molecule has 1 heterocycles. The minimum Gasteiger partial charge on any atom is -0.339 e. The van der Waals surface area contributed by atoms with Gasteiger partial charge in [0.25, 0.3) is 5.91 Å². The van der Waals surface area contributed by atoms with Crippen molar-refractivity contribution in [1.82, 2.24) is 9.97 Å². The number of aryl methyl sites for hydroxylation is 4. The number of hydrogen-bond acceptors (Lipinski definition) is 4. The van der Waals surface area contributed by atoms with Gasteiger partial charge in [0, 0.05) is 11.4 Å². The summed E-state index contributed by atoms with van der Waals surface area (Å²) in [4.78, 5) is 21.0. The van der Waals surface area contributed by atoms with Gasteiger partial charge in [-0.25, -0.2) is 9.97 Å². The Bertz CT molecular complexity index is 928. The van der Waals surface area contributed by atoms with Crippen LogP contribution in [0.15, 0.2) is 48.8 Å². The van der Waals surface area contributed by atoms with Crippen molar-refractivity contribution in [3.63, 3.8) is 0 Å². The van der Waals surface area contributed by atoms with Gasteiger partial charge in [-0.3, -0.25) is 4.79 Å². The first-order valence-corrected chi connectivity index (χ1v) is 8.48. The number of anilines is 3. The number of carbonyl (C=O) groups is 1. The molecule has 2 aromatic carbocycles. The van der Waals surface area contributed by atoms with E-state index in [4.69, 9.17) is 0 Å². The van der Waals surface area contributed by atoms with Gasteiger partial charge in [-0.1, -0.05) is 30.3 Å². The molecular weight excluding hydrogens is 324 g/mol. The van der Waals surface area contributed by atoms with Crippen LogP contribution in [-0.2, 0) is 0 Å². The molecule has 0 aliphatic heterocycles. The van der Waals surface area contributed by atoms with Crippen LogP contribution in [-0.4, -0.2) is 15.9 Å². The lowest BCUT2D eigenvalue weighted by molar-refractivity contribution is 0.102. The molecule has 3 rings (SSSR count). The average Bonchev–Trinajstić information content (AvgIpc) is 2.62. The lowest BCUT2D eigenvalue weighted by Gasteiger charge is -2.12. The zero-order valence-corrected chi connectivity index (χ0v) is 15.4. The van der Waals surface area contributed by atoms with Crippen LogP contribution in [0.2, 0.25) is 0 Å². The van der Waals surface area contributed by atoms with E-state index >= 15 is 0 Å². The van der Waals surface area contributed by atoms with Crippen molar-refractivity contribution >= 4 is 23.1 Å². The van der Waals surface area contributed by atoms with E-state index in [1.54, 1.807) is 6.20 Å². The molecule has 0 aliphatic rings. The minimum absolute atomic E-state index is 0.270. The maximum atomic E-state index is 12.5. The second kappa shape index (κ2) is 7.35. The summed E-state index contributed by atoms with van der Waals surface area (Å²) in [5, 5.41) is 6.16. The van der Waals surface area contributed by atoms with E-state index in [9.17, 15) is 4.79 Å². The van der Waals surface area contributed by atoms with E-state index in [0.717, 1.165) is 33.6 Å². The highest BCUT2D eigenvalue weighted by molar-refractivity contribution is 6.03. The summed E-state index contributed by atoms with van der Waals surface area (Å²) in [6.45, 7) is 8.00. The Balaban J connectivity index is 1.75. The molecule has 0 aliphatic carbocycles. The Morgan fingerprint density at radius 3 is 2.27 bits per heavy atom.